The third kappa shape index (κ3) is 5.94. The summed E-state index contributed by atoms with van der Waals surface area (Å²) in [6.45, 7) is 1.58. The third-order valence-corrected chi connectivity index (χ3v) is 2.15. The van der Waals surface area contributed by atoms with E-state index in [1.54, 1.807) is 6.92 Å². The average molecular weight is 272 g/mol. The van der Waals surface area contributed by atoms with Crippen LogP contribution < -0.4 is 4.74 Å². The molecule has 1 rings (SSSR count). The minimum atomic E-state index is -0.783. The van der Waals surface area contributed by atoms with E-state index in [1.165, 1.54) is 0 Å². The van der Waals surface area contributed by atoms with E-state index in [0.29, 0.717) is 6.07 Å². The van der Waals surface area contributed by atoms with Gasteiger partial charge in [0, 0.05) is 24.6 Å². The lowest BCUT2D eigenvalue weighted by Gasteiger charge is -2.06. The van der Waals surface area contributed by atoms with Gasteiger partial charge >= 0.3 is 5.97 Å². The molecule has 1 aromatic rings. The molecule has 0 aliphatic rings. The highest BCUT2D eigenvalue weighted by molar-refractivity contribution is 5.84. The first-order chi connectivity index (χ1) is 9.01. The lowest BCUT2D eigenvalue weighted by molar-refractivity contribution is -0.144. The van der Waals surface area contributed by atoms with Crippen molar-refractivity contribution in [1.82, 2.24) is 0 Å². The highest BCUT2D eigenvalue weighted by Crippen LogP contribution is 2.15. The standard InChI is InChI=1S/C13H14F2O4/c1-2-18-13(17)4-3-11(16)8-19-12-6-9(14)5-10(15)7-12/h5-7H,2-4,8H2,1H3. The van der Waals surface area contributed by atoms with Crippen molar-refractivity contribution >= 4 is 11.8 Å². The second-order valence-corrected chi connectivity index (χ2v) is 3.74. The van der Waals surface area contributed by atoms with Crippen LogP contribution in [0.4, 0.5) is 8.78 Å². The number of carbonyl (C=O) groups excluding carboxylic acids is 2. The zero-order valence-corrected chi connectivity index (χ0v) is 10.4. The second-order valence-electron chi connectivity index (χ2n) is 3.74. The highest BCUT2D eigenvalue weighted by Gasteiger charge is 2.09. The van der Waals surface area contributed by atoms with Crippen LogP contribution in [0.1, 0.15) is 19.8 Å². The molecule has 0 saturated heterocycles. The van der Waals surface area contributed by atoms with Crippen LogP contribution in [-0.4, -0.2) is 25.0 Å². The Morgan fingerprint density at radius 1 is 1.11 bits per heavy atom. The number of rotatable bonds is 7. The summed E-state index contributed by atoms with van der Waals surface area (Å²) in [5.74, 6) is -2.45. The van der Waals surface area contributed by atoms with Gasteiger partial charge < -0.3 is 9.47 Å². The predicted octanol–water partition coefficient (Wildman–Crippen LogP) is 2.26. The normalized spacial score (nSPS) is 10.1. The number of benzene rings is 1. The second kappa shape index (κ2) is 7.45. The first kappa shape index (κ1) is 15.1. The first-order valence-corrected chi connectivity index (χ1v) is 5.77. The van der Waals surface area contributed by atoms with Gasteiger partial charge in [-0.25, -0.2) is 8.78 Å². The van der Waals surface area contributed by atoms with Crippen molar-refractivity contribution in [2.24, 2.45) is 0 Å². The van der Waals surface area contributed by atoms with Gasteiger partial charge in [0.1, 0.15) is 24.0 Å². The van der Waals surface area contributed by atoms with E-state index in [4.69, 9.17) is 4.74 Å². The SMILES string of the molecule is CCOC(=O)CCC(=O)COc1cc(F)cc(F)c1. The van der Waals surface area contributed by atoms with Crippen LogP contribution in [0.15, 0.2) is 18.2 Å². The Morgan fingerprint density at radius 3 is 2.32 bits per heavy atom. The van der Waals surface area contributed by atoms with Gasteiger partial charge in [-0.1, -0.05) is 0 Å². The summed E-state index contributed by atoms with van der Waals surface area (Å²) in [4.78, 5) is 22.4. The average Bonchev–Trinajstić information content (AvgIpc) is 2.33. The third-order valence-electron chi connectivity index (χ3n) is 2.15. The fraction of sp³-hybridized carbons (Fsp3) is 0.385. The molecule has 0 atom stereocenters. The first-order valence-electron chi connectivity index (χ1n) is 5.77. The van der Waals surface area contributed by atoms with Gasteiger partial charge in [0.05, 0.1) is 13.0 Å². The number of halogens is 2. The molecule has 0 bridgehead atoms. The minimum absolute atomic E-state index is 0.0311. The van der Waals surface area contributed by atoms with Crippen LogP contribution in [-0.2, 0) is 14.3 Å². The summed E-state index contributed by atoms with van der Waals surface area (Å²) in [6, 6.07) is 2.65. The number of hydrogen-bond acceptors (Lipinski definition) is 4. The molecule has 0 radical (unpaired) electrons. The van der Waals surface area contributed by atoms with E-state index in [-0.39, 0.29) is 37.6 Å². The van der Waals surface area contributed by atoms with E-state index < -0.39 is 17.6 Å². The van der Waals surface area contributed by atoms with Gasteiger partial charge in [-0.15, -0.1) is 0 Å². The molecule has 6 heteroatoms. The van der Waals surface area contributed by atoms with Gasteiger partial charge in [-0.3, -0.25) is 9.59 Å². The van der Waals surface area contributed by atoms with E-state index in [9.17, 15) is 18.4 Å². The van der Waals surface area contributed by atoms with Gasteiger partial charge in [0.15, 0.2) is 5.78 Å². The van der Waals surface area contributed by atoms with Crippen LogP contribution in [0.25, 0.3) is 0 Å². The number of Topliss-reactive ketones (excluding diaryl/α,β-unsaturated/α-hetero) is 1. The van der Waals surface area contributed by atoms with Crippen molar-refractivity contribution in [2.75, 3.05) is 13.2 Å². The zero-order valence-electron chi connectivity index (χ0n) is 10.4. The van der Waals surface area contributed by atoms with Gasteiger partial charge in [0.25, 0.3) is 0 Å². The molecule has 0 aliphatic carbocycles. The van der Waals surface area contributed by atoms with E-state index in [0.717, 1.165) is 12.1 Å². The van der Waals surface area contributed by atoms with Crippen molar-refractivity contribution in [3.8, 4) is 5.75 Å². The number of ketones is 1. The molecule has 0 fully saturated rings. The van der Waals surface area contributed by atoms with Crippen LogP contribution in [0.2, 0.25) is 0 Å². The zero-order chi connectivity index (χ0) is 14.3. The number of esters is 1. The summed E-state index contributed by atoms with van der Waals surface area (Å²) in [5.41, 5.74) is 0. The molecule has 0 unspecified atom stereocenters. The molecule has 0 amide bonds. The smallest absolute Gasteiger partial charge is 0.306 e. The molecular weight excluding hydrogens is 258 g/mol. The Balaban J connectivity index is 2.35. The van der Waals surface area contributed by atoms with Crippen molar-refractivity contribution in [2.45, 2.75) is 19.8 Å². The molecule has 104 valence electrons. The maximum absolute atomic E-state index is 12.8. The van der Waals surface area contributed by atoms with E-state index in [1.807, 2.05) is 0 Å². The molecule has 19 heavy (non-hydrogen) atoms. The van der Waals surface area contributed by atoms with Crippen LogP contribution in [0.3, 0.4) is 0 Å². The molecule has 0 aliphatic heterocycles. The summed E-state index contributed by atoms with van der Waals surface area (Å²) in [6.07, 6.45) is -0.0653. The molecule has 1 aromatic carbocycles. The Morgan fingerprint density at radius 2 is 1.74 bits per heavy atom. The number of carbonyl (C=O) groups is 2. The van der Waals surface area contributed by atoms with Crippen molar-refractivity contribution in [3.05, 3.63) is 29.8 Å². The van der Waals surface area contributed by atoms with Gasteiger partial charge in [0.2, 0.25) is 0 Å². The minimum Gasteiger partial charge on any atom is -0.486 e. The Hall–Kier alpha value is -1.98. The van der Waals surface area contributed by atoms with Crippen molar-refractivity contribution in [3.63, 3.8) is 0 Å². The van der Waals surface area contributed by atoms with Crippen LogP contribution >= 0.6 is 0 Å². The lowest BCUT2D eigenvalue weighted by Crippen LogP contribution is -2.14. The lowest BCUT2D eigenvalue weighted by atomic mass is 10.2. The maximum atomic E-state index is 12.8. The molecular formula is C13H14F2O4. The summed E-state index contributed by atoms with van der Waals surface area (Å²) >= 11 is 0. The fourth-order valence-corrected chi connectivity index (χ4v) is 1.32. The van der Waals surface area contributed by atoms with Crippen molar-refractivity contribution in [1.29, 1.82) is 0 Å². The Kier molecular flexibility index (Phi) is 5.92. The van der Waals surface area contributed by atoms with Crippen LogP contribution in [0.5, 0.6) is 5.75 Å². The summed E-state index contributed by atoms with van der Waals surface area (Å²) in [7, 11) is 0. The van der Waals surface area contributed by atoms with Crippen molar-refractivity contribution < 1.29 is 27.8 Å². The molecule has 0 N–H and O–H groups in total. The van der Waals surface area contributed by atoms with Gasteiger partial charge in [-0.2, -0.15) is 0 Å². The largest absolute Gasteiger partial charge is 0.486 e. The number of ether oxygens (including phenoxy) is 2. The Labute approximate surface area is 109 Å². The molecule has 4 nitrogen and oxygen atoms in total. The van der Waals surface area contributed by atoms with E-state index in [2.05, 4.69) is 4.74 Å². The van der Waals surface area contributed by atoms with Gasteiger partial charge in [-0.05, 0) is 6.92 Å². The molecule has 0 saturated carbocycles. The fourth-order valence-electron chi connectivity index (χ4n) is 1.32. The highest BCUT2D eigenvalue weighted by atomic mass is 19.1. The summed E-state index contributed by atoms with van der Waals surface area (Å²) in [5, 5.41) is 0. The quantitative estimate of drug-likeness (QED) is 0.714. The summed E-state index contributed by atoms with van der Waals surface area (Å²) < 4.78 is 35.2. The molecule has 0 heterocycles. The Bertz CT molecular complexity index is 440. The number of hydrogen-bond donors (Lipinski definition) is 0. The molecule has 0 aromatic heterocycles. The molecule has 0 spiro atoms. The monoisotopic (exact) mass is 272 g/mol. The predicted molar refractivity (Wildman–Crippen MR) is 62.7 cm³/mol. The van der Waals surface area contributed by atoms with Crippen LogP contribution in [0, 0.1) is 11.6 Å². The van der Waals surface area contributed by atoms with E-state index >= 15 is 0 Å². The topological polar surface area (TPSA) is 52.6 Å². The maximum Gasteiger partial charge on any atom is 0.306 e.